The van der Waals surface area contributed by atoms with E-state index in [9.17, 15) is 4.79 Å². The molecule has 0 aromatic heterocycles. The predicted octanol–water partition coefficient (Wildman–Crippen LogP) is 3.24. The van der Waals surface area contributed by atoms with Crippen molar-refractivity contribution < 1.29 is 14.6 Å². The molecule has 3 N–H and O–H groups in total. The van der Waals surface area contributed by atoms with E-state index in [1.165, 1.54) is 0 Å². The maximum Gasteiger partial charge on any atom is 0.307 e. The van der Waals surface area contributed by atoms with Crippen molar-refractivity contribution in [3.63, 3.8) is 0 Å². The van der Waals surface area contributed by atoms with E-state index in [4.69, 9.17) is 15.6 Å². The maximum absolute atomic E-state index is 10.8. The smallest absolute Gasteiger partial charge is 0.307 e. The van der Waals surface area contributed by atoms with Gasteiger partial charge in [0.15, 0.2) is 0 Å². The van der Waals surface area contributed by atoms with Crippen LogP contribution in [0.15, 0.2) is 46.9 Å². The summed E-state index contributed by atoms with van der Waals surface area (Å²) in [6.45, 7) is 0.287. The van der Waals surface area contributed by atoms with E-state index in [0.717, 1.165) is 15.6 Å². The highest BCUT2D eigenvalue weighted by atomic mass is 79.9. The fraction of sp³-hybridized carbons (Fsp3) is 0.133. The molecular weight excluding hydrogens is 322 g/mol. The average molecular weight is 336 g/mol. The zero-order chi connectivity index (χ0) is 14.5. The van der Waals surface area contributed by atoms with Crippen LogP contribution in [0.2, 0.25) is 0 Å². The predicted molar refractivity (Wildman–Crippen MR) is 80.7 cm³/mol. The third kappa shape index (κ3) is 3.74. The first-order chi connectivity index (χ1) is 9.56. The zero-order valence-corrected chi connectivity index (χ0v) is 12.3. The first kappa shape index (κ1) is 14.4. The van der Waals surface area contributed by atoms with Crippen LogP contribution in [-0.2, 0) is 17.8 Å². The molecule has 0 heterocycles. The van der Waals surface area contributed by atoms with Gasteiger partial charge in [-0.2, -0.15) is 0 Å². The van der Waals surface area contributed by atoms with Gasteiger partial charge in [0.25, 0.3) is 0 Å². The molecule has 2 rings (SSSR count). The minimum absolute atomic E-state index is 0.0185. The Bertz CT molecular complexity index is 628. The topological polar surface area (TPSA) is 72.5 Å². The van der Waals surface area contributed by atoms with Crippen molar-refractivity contribution in [3.8, 4) is 5.75 Å². The van der Waals surface area contributed by atoms with Gasteiger partial charge in [0.05, 0.1) is 12.1 Å². The van der Waals surface area contributed by atoms with E-state index >= 15 is 0 Å². The number of anilines is 1. The molecule has 0 amide bonds. The van der Waals surface area contributed by atoms with Crippen LogP contribution in [0.3, 0.4) is 0 Å². The van der Waals surface area contributed by atoms with Gasteiger partial charge in [-0.05, 0) is 29.3 Å². The fourth-order valence-electron chi connectivity index (χ4n) is 1.84. The van der Waals surface area contributed by atoms with Crippen LogP contribution in [-0.4, -0.2) is 11.1 Å². The van der Waals surface area contributed by atoms with Crippen molar-refractivity contribution in [2.45, 2.75) is 13.0 Å². The molecule has 104 valence electrons. The number of aliphatic carboxylic acids is 1. The normalized spacial score (nSPS) is 10.2. The second kappa shape index (κ2) is 6.43. The third-order valence-electron chi connectivity index (χ3n) is 2.82. The van der Waals surface area contributed by atoms with E-state index in [1.54, 1.807) is 18.2 Å². The fourth-order valence-corrected chi connectivity index (χ4v) is 2.22. The molecule has 5 heteroatoms. The third-order valence-corrected chi connectivity index (χ3v) is 3.31. The number of nitrogens with two attached hydrogens (primary N) is 1. The summed E-state index contributed by atoms with van der Waals surface area (Å²) in [5.41, 5.74) is 7.98. The Hall–Kier alpha value is -2.01. The molecule has 0 unspecified atom stereocenters. The van der Waals surface area contributed by atoms with Crippen molar-refractivity contribution in [2.24, 2.45) is 0 Å². The molecule has 4 nitrogen and oxygen atoms in total. The van der Waals surface area contributed by atoms with Gasteiger partial charge in [-0.3, -0.25) is 4.79 Å². The second-order valence-electron chi connectivity index (χ2n) is 4.31. The lowest BCUT2D eigenvalue weighted by molar-refractivity contribution is -0.136. The van der Waals surface area contributed by atoms with Crippen LogP contribution >= 0.6 is 15.9 Å². The summed E-state index contributed by atoms with van der Waals surface area (Å²) in [6, 6.07) is 12.7. The molecule has 0 atom stereocenters. The summed E-state index contributed by atoms with van der Waals surface area (Å²) in [4.78, 5) is 10.8. The zero-order valence-electron chi connectivity index (χ0n) is 10.7. The van der Waals surface area contributed by atoms with Crippen LogP contribution in [0.1, 0.15) is 11.1 Å². The van der Waals surface area contributed by atoms with Gasteiger partial charge >= 0.3 is 5.97 Å². The Labute approximate surface area is 125 Å². The van der Waals surface area contributed by atoms with Crippen molar-refractivity contribution in [2.75, 3.05) is 5.73 Å². The summed E-state index contributed by atoms with van der Waals surface area (Å²) in [5.74, 6) is -0.279. The van der Waals surface area contributed by atoms with E-state index in [1.807, 2.05) is 24.3 Å². The number of benzene rings is 2. The average Bonchev–Trinajstić information content (AvgIpc) is 2.39. The molecule has 0 radical (unpaired) electrons. The molecule has 20 heavy (non-hydrogen) atoms. The molecule has 0 aliphatic carbocycles. The van der Waals surface area contributed by atoms with Crippen LogP contribution in [0.4, 0.5) is 5.69 Å². The van der Waals surface area contributed by atoms with Gasteiger partial charge in [0, 0.05) is 4.47 Å². The van der Waals surface area contributed by atoms with Crippen molar-refractivity contribution in [1.29, 1.82) is 0 Å². The lowest BCUT2D eigenvalue weighted by Gasteiger charge is -2.11. The lowest BCUT2D eigenvalue weighted by Crippen LogP contribution is -2.06. The molecular formula is C15H14BrNO3. The summed E-state index contributed by atoms with van der Waals surface area (Å²) < 4.78 is 6.54. The van der Waals surface area contributed by atoms with Gasteiger partial charge in [0.1, 0.15) is 12.4 Å². The first-order valence-corrected chi connectivity index (χ1v) is 6.82. The Morgan fingerprint density at radius 1 is 1.20 bits per heavy atom. The van der Waals surface area contributed by atoms with Gasteiger partial charge in [-0.25, -0.2) is 0 Å². The number of hydrogen-bond acceptors (Lipinski definition) is 3. The number of carboxylic acid groups (broad SMARTS) is 1. The Morgan fingerprint density at radius 2 is 1.90 bits per heavy atom. The standard InChI is InChI=1S/C15H14BrNO3/c16-12-5-6-14(13(17)8-12)20-9-11-4-2-1-3-10(11)7-15(18)19/h1-6,8H,7,9,17H2,(H,18,19). The van der Waals surface area contributed by atoms with E-state index in [0.29, 0.717) is 11.4 Å². The summed E-state index contributed by atoms with van der Waals surface area (Å²) in [7, 11) is 0. The van der Waals surface area contributed by atoms with Crippen molar-refractivity contribution in [3.05, 3.63) is 58.1 Å². The van der Waals surface area contributed by atoms with Crippen LogP contribution < -0.4 is 10.5 Å². The largest absolute Gasteiger partial charge is 0.487 e. The number of halogens is 1. The summed E-state index contributed by atoms with van der Waals surface area (Å²) in [5, 5.41) is 8.89. The quantitative estimate of drug-likeness (QED) is 0.822. The second-order valence-corrected chi connectivity index (χ2v) is 5.23. The number of carboxylic acids is 1. The molecule has 0 spiro atoms. The molecule has 2 aromatic rings. The Balaban J connectivity index is 2.12. The Morgan fingerprint density at radius 3 is 2.55 bits per heavy atom. The molecule has 2 aromatic carbocycles. The minimum atomic E-state index is -0.861. The summed E-state index contributed by atoms with van der Waals surface area (Å²) >= 11 is 3.33. The maximum atomic E-state index is 10.8. The lowest BCUT2D eigenvalue weighted by atomic mass is 10.1. The van der Waals surface area contributed by atoms with E-state index in [2.05, 4.69) is 15.9 Å². The van der Waals surface area contributed by atoms with Crippen LogP contribution in [0.25, 0.3) is 0 Å². The van der Waals surface area contributed by atoms with Crippen LogP contribution in [0, 0.1) is 0 Å². The molecule has 0 bridgehead atoms. The highest BCUT2D eigenvalue weighted by molar-refractivity contribution is 9.10. The molecule has 0 aliphatic rings. The van der Waals surface area contributed by atoms with Gasteiger partial charge in [-0.1, -0.05) is 40.2 Å². The van der Waals surface area contributed by atoms with Crippen molar-refractivity contribution in [1.82, 2.24) is 0 Å². The van der Waals surface area contributed by atoms with Gasteiger partial charge in [-0.15, -0.1) is 0 Å². The van der Waals surface area contributed by atoms with Crippen LogP contribution in [0.5, 0.6) is 5.75 Å². The van der Waals surface area contributed by atoms with Gasteiger partial charge < -0.3 is 15.6 Å². The number of carbonyl (C=O) groups is 1. The molecule has 0 saturated heterocycles. The molecule has 0 fully saturated rings. The monoisotopic (exact) mass is 335 g/mol. The Kier molecular flexibility index (Phi) is 4.63. The molecule has 0 saturated carbocycles. The van der Waals surface area contributed by atoms with E-state index < -0.39 is 5.97 Å². The first-order valence-electron chi connectivity index (χ1n) is 6.02. The number of rotatable bonds is 5. The van der Waals surface area contributed by atoms with E-state index in [-0.39, 0.29) is 13.0 Å². The SMILES string of the molecule is Nc1cc(Br)ccc1OCc1ccccc1CC(=O)O. The summed E-state index contributed by atoms with van der Waals surface area (Å²) in [6.07, 6.45) is -0.0185. The number of ether oxygens (including phenoxy) is 1. The molecule has 0 aliphatic heterocycles. The van der Waals surface area contributed by atoms with Crippen molar-refractivity contribution >= 4 is 27.6 Å². The highest BCUT2D eigenvalue weighted by Gasteiger charge is 2.08. The number of nitrogen functional groups attached to an aromatic ring is 1. The minimum Gasteiger partial charge on any atom is -0.487 e. The van der Waals surface area contributed by atoms with Gasteiger partial charge in [0.2, 0.25) is 0 Å². The highest BCUT2D eigenvalue weighted by Crippen LogP contribution is 2.26. The number of hydrogen-bond donors (Lipinski definition) is 2.